The molecule has 0 heterocycles. The van der Waals surface area contributed by atoms with Crippen LogP contribution in [0.25, 0.3) is 0 Å². The molecule has 0 spiro atoms. The Morgan fingerprint density at radius 2 is 1.83 bits per heavy atom. The van der Waals surface area contributed by atoms with Crippen LogP contribution in [0, 0.1) is 11.8 Å². The van der Waals surface area contributed by atoms with Gasteiger partial charge in [0, 0.05) is 0 Å². The van der Waals surface area contributed by atoms with E-state index in [9.17, 15) is 0 Å². The van der Waals surface area contributed by atoms with Crippen LogP contribution in [0.1, 0.15) is 54.9 Å². The Bertz CT molecular complexity index is 120. The van der Waals surface area contributed by atoms with Crippen molar-refractivity contribution in [1.29, 1.82) is 0 Å². The van der Waals surface area contributed by atoms with Gasteiger partial charge in [0.2, 0.25) is 0 Å². The normalized spacial score (nSPS) is 14.3. The van der Waals surface area contributed by atoms with E-state index in [-0.39, 0.29) is 7.43 Å². The summed E-state index contributed by atoms with van der Waals surface area (Å²) in [5.41, 5.74) is 1.56. The predicted octanol–water partition coefficient (Wildman–Crippen LogP) is 4.66. The second-order valence-electron chi connectivity index (χ2n) is 3.67. The van der Waals surface area contributed by atoms with Crippen molar-refractivity contribution in [2.75, 3.05) is 0 Å². The fourth-order valence-corrected chi connectivity index (χ4v) is 1.61. The van der Waals surface area contributed by atoms with Crippen molar-refractivity contribution >= 4 is 0 Å². The molecule has 0 fully saturated rings. The molecule has 0 unspecified atom stereocenters. The molecule has 0 heteroatoms. The second-order valence-corrected chi connectivity index (χ2v) is 3.67. The van der Waals surface area contributed by atoms with Gasteiger partial charge in [0.05, 0.1) is 0 Å². The number of allylic oxidation sites excluding steroid dienone is 2. The van der Waals surface area contributed by atoms with Crippen molar-refractivity contribution in [2.45, 2.75) is 54.9 Å². The molecule has 0 saturated heterocycles. The second kappa shape index (κ2) is 7.39. The first-order valence-corrected chi connectivity index (χ1v) is 4.76. The molecule has 0 aromatic rings. The van der Waals surface area contributed by atoms with Crippen LogP contribution in [0.15, 0.2) is 11.6 Å². The van der Waals surface area contributed by atoms with E-state index in [0.29, 0.717) is 0 Å². The molecule has 0 radical (unpaired) electrons. The molecule has 0 amide bonds. The van der Waals surface area contributed by atoms with E-state index in [0.717, 1.165) is 11.8 Å². The molecule has 0 bridgehead atoms. The molecule has 0 aliphatic carbocycles. The summed E-state index contributed by atoms with van der Waals surface area (Å²) in [6.45, 7) is 11.3. The summed E-state index contributed by atoms with van der Waals surface area (Å²) in [5, 5.41) is 0. The van der Waals surface area contributed by atoms with E-state index >= 15 is 0 Å². The summed E-state index contributed by atoms with van der Waals surface area (Å²) < 4.78 is 0. The van der Waals surface area contributed by atoms with Gasteiger partial charge in [-0.3, -0.25) is 0 Å². The fourth-order valence-electron chi connectivity index (χ4n) is 1.61. The van der Waals surface area contributed by atoms with Crippen LogP contribution >= 0.6 is 0 Å². The highest BCUT2D eigenvalue weighted by Gasteiger charge is 2.12. The maximum absolute atomic E-state index is 2.31. The highest BCUT2D eigenvalue weighted by atomic mass is 14.2. The fraction of sp³-hybridized carbons (Fsp3) is 0.833. The number of hydrogen-bond acceptors (Lipinski definition) is 0. The Balaban J connectivity index is 0. The highest BCUT2D eigenvalue weighted by Crippen LogP contribution is 2.24. The summed E-state index contributed by atoms with van der Waals surface area (Å²) in [6.07, 6.45) is 4.89. The molecule has 0 nitrogen and oxygen atoms in total. The van der Waals surface area contributed by atoms with Gasteiger partial charge in [0.25, 0.3) is 0 Å². The first-order valence-electron chi connectivity index (χ1n) is 4.76. The minimum absolute atomic E-state index is 0. The van der Waals surface area contributed by atoms with Gasteiger partial charge >= 0.3 is 0 Å². The topological polar surface area (TPSA) is 0 Å². The third-order valence-corrected chi connectivity index (χ3v) is 2.44. The maximum Gasteiger partial charge on any atom is -0.0183 e. The van der Waals surface area contributed by atoms with Gasteiger partial charge in [-0.25, -0.2) is 0 Å². The van der Waals surface area contributed by atoms with Crippen molar-refractivity contribution in [2.24, 2.45) is 11.8 Å². The van der Waals surface area contributed by atoms with Gasteiger partial charge < -0.3 is 0 Å². The van der Waals surface area contributed by atoms with Crippen LogP contribution in [-0.4, -0.2) is 0 Å². The zero-order chi connectivity index (χ0) is 8.85. The Kier molecular flexibility index (Phi) is 8.79. The van der Waals surface area contributed by atoms with Gasteiger partial charge in [-0.2, -0.15) is 0 Å². The van der Waals surface area contributed by atoms with Gasteiger partial charge in [-0.1, -0.05) is 46.3 Å². The van der Waals surface area contributed by atoms with Crippen molar-refractivity contribution < 1.29 is 0 Å². The minimum Gasteiger partial charge on any atom is -0.0884 e. The molecule has 0 aromatic carbocycles. The van der Waals surface area contributed by atoms with Crippen molar-refractivity contribution in [3.63, 3.8) is 0 Å². The van der Waals surface area contributed by atoms with Gasteiger partial charge in [0.1, 0.15) is 0 Å². The largest absolute Gasteiger partial charge is 0.0884 e. The van der Waals surface area contributed by atoms with Crippen LogP contribution in [0.3, 0.4) is 0 Å². The summed E-state index contributed by atoms with van der Waals surface area (Å²) in [5.74, 6) is 1.61. The molecule has 0 aliphatic heterocycles. The van der Waals surface area contributed by atoms with E-state index in [1.165, 1.54) is 12.8 Å². The summed E-state index contributed by atoms with van der Waals surface area (Å²) in [6, 6.07) is 0. The zero-order valence-corrected chi connectivity index (χ0v) is 8.65. The quantitative estimate of drug-likeness (QED) is 0.538. The van der Waals surface area contributed by atoms with Gasteiger partial charge in [0.15, 0.2) is 0 Å². The third kappa shape index (κ3) is 4.58. The van der Waals surface area contributed by atoms with Crippen molar-refractivity contribution in [1.82, 2.24) is 0 Å². The smallest absolute Gasteiger partial charge is 0.0183 e. The zero-order valence-electron chi connectivity index (χ0n) is 8.65. The molecular weight excluding hydrogens is 144 g/mol. The first kappa shape index (κ1) is 14.3. The molecule has 0 aliphatic rings. The SMILES string of the molecule is C.C/C=C(\C)[C@@H](CCC)C(C)C. The van der Waals surface area contributed by atoms with Gasteiger partial charge in [-0.15, -0.1) is 0 Å². The average Bonchev–Trinajstić information content (AvgIpc) is 1.98. The van der Waals surface area contributed by atoms with E-state index in [1.54, 1.807) is 5.57 Å². The molecule has 0 rings (SSSR count). The Labute approximate surface area is 79.1 Å². The van der Waals surface area contributed by atoms with Crippen LogP contribution < -0.4 is 0 Å². The summed E-state index contributed by atoms with van der Waals surface area (Å²) >= 11 is 0. The first-order chi connectivity index (χ1) is 5.13. The molecular formula is C12H26. The molecule has 0 saturated carbocycles. The van der Waals surface area contributed by atoms with Gasteiger partial charge in [-0.05, 0) is 32.1 Å². The number of rotatable bonds is 4. The standard InChI is InChI=1S/C11H22.CH4/c1-6-8-11(9(3)4)10(5)7-2;/h7,9,11H,6,8H2,1-5H3;1H4/b10-7+;/t11-;/m0./s1. The van der Waals surface area contributed by atoms with Crippen LogP contribution in [0.2, 0.25) is 0 Å². The average molecular weight is 170 g/mol. The van der Waals surface area contributed by atoms with Crippen LogP contribution in [-0.2, 0) is 0 Å². The van der Waals surface area contributed by atoms with E-state index in [2.05, 4.69) is 40.7 Å². The Morgan fingerprint density at radius 3 is 2.08 bits per heavy atom. The predicted molar refractivity (Wildman–Crippen MR) is 59.4 cm³/mol. The highest BCUT2D eigenvalue weighted by molar-refractivity contribution is 5.02. The maximum atomic E-state index is 2.31. The summed E-state index contributed by atoms with van der Waals surface area (Å²) in [4.78, 5) is 0. The third-order valence-electron chi connectivity index (χ3n) is 2.44. The Morgan fingerprint density at radius 1 is 1.33 bits per heavy atom. The van der Waals surface area contributed by atoms with E-state index < -0.39 is 0 Å². The lowest BCUT2D eigenvalue weighted by atomic mass is 9.85. The lowest BCUT2D eigenvalue weighted by molar-refractivity contribution is 0.410. The number of hydrogen-bond donors (Lipinski definition) is 0. The minimum atomic E-state index is 0. The van der Waals surface area contributed by atoms with Crippen molar-refractivity contribution in [3.05, 3.63) is 11.6 Å². The lowest BCUT2D eigenvalue weighted by Gasteiger charge is -2.20. The summed E-state index contributed by atoms with van der Waals surface area (Å²) in [7, 11) is 0. The van der Waals surface area contributed by atoms with Crippen molar-refractivity contribution in [3.8, 4) is 0 Å². The molecule has 74 valence electrons. The molecule has 1 atom stereocenters. The monoisotopic (exact) mass is 170 g/mol. The van der Waals surface area contributed by atoms with Crippen LogP contribution in [0.5, 0.6) is 0 Å². The molecule has 0 N–H and O–H groups in total. The lowest BCUT2D eigenvalue weighted by Crippen LogP contribution is -2.09. The molecule has 0 aromatic heterocycles. The molecule has 12 heavy (non-hydrogen) atoms. The van der Waals surface area contributed by atoms with Crippen LogP contribution in [0.4, 0.5) is 0 Å². The van der Waals surface area contributed by atoms with E-state index in [4.69, 9.17) is 0 Å². The van der Waals surface area contributed by atoms with E-state index in [1.807, 2.05) is 0 Å². The Hall–Kier alpha value is -0.260.